The van der Waals surface area contributed by atoms with Crippen LogP contribution in [0.25, 0.3) is 16.9 Å². The summed E-state index contributed by atoms with van der Waals surface area (Å²) >= 11 is 6.22. The molecule has 1 aromatic carbocycles. The number of anilines is 2. The van der Waals surface area contributed by atoms with Crippen molar-refractivity contribution in [2.75, 3.05) is 31.5 Å². The second kappa shape index (κ2) is 11.8. The van der Waals surface area contributed by atoms with Crippen molar-refractivity contribution in [3.63, 3.8) is 0 Å². The minimum Gasteiger partial charge on any atom is -0.444 e. The Morgan fingerprint density at radius 1 is 1.12 bits per heavy atom. The number of carbonyl (C=O) groups is 2. The van der Waals surface area contributed by atoms with Gasteiger partial charge in [0.1, 0.15) is 29.3 Å². The van der Waals surface area contributed by atoms with Crippen molar-refractivity contribution < 1.29 is 27.8 Å². The Labute approximate surface area is 244 Å². The third-order valence-corrected chi connectivity index (χ3v) is 6.54. The van der Waals surface area contributed by atoms with E-state index in [4.69, 9.17) is 21.1 Å². The van der Waals surface area contributed by atoms with Crippen LogP contribution in [-0.2, 0) is 16.1 Å². The zero-order valence-electron chi connectivity index (χ0n) is 23.1. The quantitative estimate of drug-likeness (QED) is 0.324. The summed E-state index contributed by atoms with van der Waals surface area (Å²) in [6.07, 6.45) is 6.06. The van der Waals surface area contributed by atoms with Crippen molar-refractivity contribution in [2.24, 2.45) is 0 Å². The van der Waals surface area contributed by atoms with Gasteiger partial charge in [-0.2, -0.15) is 19.0 Å². The average molecular weight is 603 g/mol. The van der Waals surface area contributed by atoms with Crippen molar-refractivity contribution in [3.05, 3.63) is 54.1 Å². The van der Waals surface area contributed by atoms with E-state index in [1.165, 1.54) is 22.9 Å². The smallest absolute Gasteiger partial charge is 0.410 e. The zero-order valence-corrected chi connectivity index (χ0v) is 23.9. The highest BCUT2D eigenvalue weighted by atomic mass is 35.5. The van der Waals surface area contributed by atoms with Crippen LogP contribution < -0.4 is 10.1 Å². The molecular formula is C27H29ClF2N8O4. The average Bonchev–Trinajstić information content (AvgIpc) is 3.52. The number of fused-ring (bicyclic) bond motifs is 1. The number of amides is 2. The molecule has 0 bridgehead atoms. The van der Waals surface area contributed by atoms with Crippen molar-refractivity contribution in [3.8, 4) is 17.0 Å². The van der Waals surface area contributed by atoms with Crippen LogP contribution in [0.1, 0.15) is 20.8 Å². The van der Waals surface area contributed by atoms with Crippen LogP contribution in [0.2, 0.25) is 5.02 Å². The van der Waals surface area contributed by atoms with E-state index in [1.54, 1.807) is 65.9 Å². The molecule has 0 radical (unpaired) electrons. The molecule has 4 heterocycles. The predicted molar refractivity (Wildman–Crippen MR) is 150 cm³/mol. The molecule has 0 unspecified atom stereocenters. The van der Waals surface area contributed by atoms with E-state index in [-0.39, 0.29) is 34.5 Å². The van der Waals surface area contributed by atoms with Gasteiger partial charge in [-0.3, -0.25) is 9.48 Å². The Balaban J connectivity index is 1.40. The second-order valence-electron chi connectivity index (χ2n) is 10.5. The molecule has 1 fully saturated rings. The van der Waals surface area contributed by atoms with Crippen molar-refractivity contribution in [1.29, 1.82) is 0 Å². The molecule has 1 N–H and O–H groups in total. The Bertz CT molecular complexity index is 1590. The zero-order chi connectivity index (χ0) is 30.0. The van der Waals surface area contributed by atoms with Gasteiger partial charge in [-0.15, -0.1) is 0 Å². The number of halogens is 3. The molecule has 1 aliphatic rings. The number of alkyl halides is 2. The monoisotopic (exact) mass is 602 g/mol. The lowest BCUT2D eigenvalue weighted by Crippen LogP contribution is -2.52. The summed E-state index contributed by atoms with van der Waals surface area (Å²) in [5, 5.41) is 12.3. The first kappa shape index (κ1) is 29.0. The van der Waals surface area contributed by atoms with Gasteiger partial charge in [0.25, 0.3) is 0 Å². The first-order valence-corrected chi connectivity index (χ1v) is 13.5. The van der Waals surface area contributed by atoms with E-state index in [0.717, 1.165) is 0 Å². The molecule has 1 aliphatic heterocycles. The number of nitrogens with one attached hydrogen (secondary N) is 1. The van der Waals surface area contributed by atoms with Crippen LogP contribution in [0.4, 0.5) is 25.0 Å². The van der Waals surface area contributed by atoms with Crippen LogP contribution in [-0.4, -0.2) is 84.6 Å². The van der Waals surface area contributed by atoms with E-state index in [0.29, 0.717) is 43.2 Å². The van der Waals surface area contributed by atoms with E-state index >= 15 is 0 Å². The van der Waals surface area contributed by atoms with Crippen LogP contribution in [0, 0.1) is 0 Å². The molecule has 222 valence electrons. The molecule has 3 aromatic heterocycles. The fourth-order valence-corrected chi connectivity index (χ4v) is 4.61. The molecule has 42 heavy (non-hydrogen) atoms. The summed E-state index contributed by atoms with van der Waals surface area (Å²) in [5.41, 5.74) is 1.25. The summed E-state index contributed by atoms with van der Waals surface area (Å²) in [6.45, 7) is 3.48. The fraction of sp³-hybridized carbons (Fsp3) is 0.370. The normalized spacial score (nSPS) is 14.0. The number of rotatable bonds is 7. The Morgan fingerprint density at radius 2 is 1.86 bits per heavy atom. The number of benzene rings is 1. The maximum absolute atomic E-state index is 13.2. The third-order valence-electron chi connectivity index (χ3n) is 6.30. The first-order chi connectivity index (χ1) is 20.0. The number of hydrogen-bond donors (Lipinski definition) is 1. The molecule has 4 aromatic rings. The summed E-state index contributed by atoms with van der Waals surface area (Å²) in [7, 11) is 0. The van der Waals surface area contributed by atoms with Gasteiger partial charge in [-0.25, -0.2) is 14.3 Å². The number of hydrogen-bond acceptors (Lipinski definition) is 8. The number of nitrogens with zero attached hydrogens (tertiary/aromatic N) is 7. The molecule has 2 amide bonds. The number of piperazine rings is 1. The summed E-state index contributed by atoms with van der Waals surface area (Å²) in [4.78, 5) is 33.2. The van der Waals surface area contributed by atoms with Gasteiger partial charge in [-0.1, -0.05) is 11.6 Å². The van der Waals surface area contributed by atoms with Crippen LogP contribution in [0.3, 0.4) is 0 Å². The maximum Gasteiger partial charge on any atom is 0.410 e. The number of carbonyl (C=O) groups excluding carboxylic acids is 2. The van der Waals surface area contributed by atoms with E-state index < -0.39 is 18.3 Å². The topological polar surface area (TPSA) is 119 Å². The molecule has 15 heteroatoms. The minimum atomic E-state index is -3.08. The SMILES string of the molecule is CC(C)(C)OC(=O)N1CCN(C(=O)Cn2cc(Nc3cnn4cccnc34)c(-c3cc(Cl)ccc3OC(F)F)n2)CC1. The van der Waals surface area contributed by atoms with E-state index in [2.05, 4.69) is 20.5 Å². The Kier molecular flexibility index (Phi) is 8.16. The van der Waals surface area contributed by atoms with Crippen LogP contribution in [0.5, 0.6) is 5.75 Å². The van der Waals surface area contributed by atoms with Crippen LogP contribution >= 0.6 is 11.6 Å². The lowest BCUT2D eigenvalue weighted by molar-refractivity contribution is -0.133. The maximum atomic E-state index is 13.2. The molecule has 0 spiro atoms. The first-order valence-electron chi connectivity index (χ1n) is 13.1. The van der Waals surface area contributed by atoms with Gasteiger partial charge in [0.15, 0.2) is 5.65 Å². The second-order valence-corrected chi connectivity index (χ2v) is 11.0. The third kappa shape index (κ3) is 6.70. The highest BCUT2D eigenvalue weighted by Crippen LogP contribution is 2.38. The highest BCUT2D eigenvalue weighted by molar-refractivity contribution is 6.31. The molecule has 0 aliphatic carbocycles. The Morgan fingerprint density at radius 3 is 2.57 bits per heavy atom. The minimum absolute atomic E-state index is 0.134. The Hall–Kier alpha value is -4.46. The standard InChI is InChI=1S/C27H29ClF2N8O4/c1-27(2,3)42-26(40)36-11-9-35(10-12-36)22(39)16-37-15-20(33-19-14-32-38-8-4-7-31-24(19)38)23(34-37)18-13-17(28)5-6-21(18)41-25(29)30/h4-8,13-15,25,33H,9-12,16H2,1-3H3. The van der Waals surface area contributed by atoms with Crippen molar-refractivity contribution >= 4 is 40.6 Å². The molecule has 0 atom stereocenters. The largest absolute Gasteiger partial charge is 0.444 e. The molecule has 1 saturated heterocycles. The molecular weight excluding hydrogens is 574 g/mol. The van der Waals surface area contributed by atoms with Gasteiger partial charge in [-0.05, 0) is 45.0 Å². The van der Waals surface area contributed by atoms with Gasteiger partial charge in [0, 0.05) is 55.4 Å². The molecule has 0 saturated carbocycles. The molecule has 5 rings (SSSR count). The molecule has 12 nitrogen and oxygen atoms in total. The summed E-state index contributed by atoms with van der Waals surface area (Å²) < 4.78 is 39.6. The van der Waals surface area contributed by atoms with Crippen molar-refractivity contribution in [2.45, 2.75) is 39.5 Å². The van der Waals surface area contributed by atoms with Gasteiger partial charge >= 0.3 is 12.7 Å². The van der Waals surface area contributed by atoms with E-state index in [1.807, 2.05) is 0 Å². The van der Waals surface area contributed by atoms with Crippen molar-refractivity contribution in [1.82, 2.24) is 34.2 Å². The van der Waals surface area contributed by atoms with E-state index in [9.17, 15) is 18.4 Å². The number of ether oxygens (including phenoxy) is 2. The summed E-state index contributed by atoms with van der Waals surface area (Å²) in [6, 6.07) is 5.95. The predicted octanol–water partition coefficient (Wildman–Crippen LogP) is 4.67. The van der Waals surface area contributed by atoms with Gasteiger partial charge < -0.3 is 24.6 Å². The fourth-order valence-electron chi connectivity index (χ4n) is 4.44. The number of aromatic nitrogens is 5. The van der Waals surface area contributed by atoms with Gasteiger partial charge in [0.05, 0.1) is 11.9 Å². The van der Waals surface area contributed by atoms with Gasteiger partial charge in [0.2, 0.25) is 5.91 Å². The lowest BCUT2D eigenvalue weighted by Gasteiger charge is -2.35. The lowest BCUT2D eigenvalue weighted by atomic mass is 10.1. The highest BCUT2D eigenvalue weighted by Gasteiger charge is 2.28. The van der Waals surface area contributed by atoms with Crippen LogP contribution in [0.15, 0.2) is 49.1 Å². The summed E-state index contributed by atoms with van der Waals surface area (Å²) in [5.74, 6) is -0.363.